The Morgan fingerprint density at radius 1 is 1.12 bits per heavy atom. The maximum atomic E-state index is 11.1. The van der Waals surface area contributed by atoms with E-state index in [0.29, 0.717) is 0 Å². The Balaban J connectivity index is 1.77. The summed E-state index contributed by atoms with van der Waals surface area (Å²) in [7, 11) is 0. The smallest absolute Gasteiger partial charge is 0.330 e. The minimum atomic E-state index is -1.71. The van der Waals surface area contributed by atoms with Crippen LogP contribution in [0.4, 0.5) is 0 Å². The molecule has 3 aliphatic heterocycles. The van der Waals surface area contributed by atoms with Gasteiger partial charge >= 0.3 is 5.97 Å². The topological polar surface area (TPSA) is 54.0 Å². The van der Waals surface area contributed by atoms with Crippen molar-refractivity contribution in [2.24, 2.45) is 0 Å². The van der Waals surface area contributed by atoms with Gasteiger partial charge in [-0.2, -0.15) is 0 Å². The highest BCUT2D eigenvalue weighted by Crippen LogP contribution is 2.43. The third-order valence-electron chi connectivity index (χ3n) is 2.69. The van der Waals surface area contributed by atoms with Crippen molar-refractivity contribution in [2.75, 3.05) is 0 Å². The molecule has 0 unspecified atom stereocenters. The number of esters is 1. The third kappa shape index (κ3) is 2.05. The summed E-state index contributed by atoms with van der Waals surface area (Å²) in [5.74, 6) is -0.448. The first-order valence-electron chi connectivity index (χ1n) is 4.87. The molecule has 5 nitrogen and oxygen atoms in total. The van der Waals surface area contributed by atoms with Gasteiger partial charge in [0.15, 0.2) is 18.5 Å². The first-order chi connectivity index (χ1) is 7.95. The SMILES string of the molecule is O=C1C=C[C@H]2O[C@@H]3O[C@H](C(Cl)(Cl)Cl)O[C@@H]3[C@H]2O1. The Bertz CT molecular complexity index is 379. The van der Waals surface area contributed by atoms with Gasteiger partial charge in [0.1, 0.15) is 6.10 Å². The van der Waals surface area contributed by atoms with Crippen molar-refractivity contribution in [1.82, 2.24) is 0 Å². The zero-order valence-electron chi connectivity index (χ0n) is 8.22. The lowest BCUT2D eigenvalue weighted by atomic mass is 10.1. The highest BCUT2D eigenvalue weighted by Gasteiger charge is 2.57. The zero-order valence-corrected chi connectivity index (χ0v) is 10.5. The van der Waals surface area contributed by atoms with E-state index < -0.39 is 34.5 Å². The second kappa shape index (κ2) is 3.98. The standard InChI is InChI=1S/C9H7Cl3O5/c10-9(11,12)8-16-6-5-3(14-7(6)17-8)1-2-4(13)15-5/h1-3,5-8H/t3-,5+,6-,7-,8-/m1/s1. The summed E-state index contributed by atoms with van der Waals surface area (Å²) < 4.78 is 19.6. The van der Waals surface area contributed by atoms with Gasteiger partial charge in [-0.05, 0) is 6.08 Å². The third-order valence-corrected chi connectivity index (χ3v) is 3.22. The Kier molecular flexibility index (Phi) is 2.81. The molecule has 2 saturated heterocycles. The lowest BCUT2D eigenvalue weighted by Gasteiger charge is -2.25. The molecular weight excluding hydrogens is 294 g/mol. The van der Waals surface area contributed by atoms with Crippen LogP contribution in [-0.4, -0.2) is 40.7 Å². The summed E-state index contributed by atoms with van der Waals surface area (Å²) in [4.78, 5) is 11.1. The highest BCUT2D eigenvalue weighted by atomic mass is 35.6. The van der Waals surface area contributed by atoms with Gasteiger partial charge in [0.2, 0.25) is 10.1 Å². The second-order valence-electron chi connectivity index (χ2n) is 3.84. The first kappa shape index (κ1) is 12.0. The van der Waals surface area contributed by atoms with Crippen LogP contribution in [0, 0.1) is 0 Å². The number of carbonyl (C=O) groups excluding carboxylic acids is 1. The van der Waals surface area contributed by atoms with E-state index in [9.17, 15) is 4.79 Å². The predicted molar refractivity (Wildman–Crippen MR) is 57.7 cm³/mol. The molecule has 0 aliphatic carbocycles. The van der Waals surface area contributed by atoms with Crippen molar-refractivity contribution >= 4 is 40.8 Å². The lowest BCUT2D eigenvalue weighted by Crippen LogP contribution is -2.39. The normalized spacial score (nSPS) is 44.4. The molecule has 0 bridgehead atoms. The van der Waals surface area contributed by atoms with Crippen molar-refractivity contribution in [3.05, 3.63) is 12.2 Å². The van der Waals surface area contributed by atoms with Gasteiger partial charge in [0, 0.05) is 6.08 Å². The Morgan fingerprint density at radius 2 is 1.88 bits per heavy atom. The first-order valence-corrected chi connectivity index (χ1v) is 6.00. The number of halogens is 3. The molecule has 0 aromatic carbocycles. The number of carbonyl (C=O) groups is 1. The van der Waals surface area contributed by atoms with Crippen molar-refractivity contribution in [3.63, 3.8) is 0 Å². The Labute approximate surface area is 111 Å². The molecule has 0 saturated carbocycles. The highest BCUT2D eigenvalue weighted by molar-refractivity contribution is 6.67. The van der Waals surface area contributed by atoms with Crippen LogP contribution in [0.15, 0.2) is 12.2 Å². The van der Waals surface area contributed by atoms with Crippen molar-refractivity contribution < 1.29 is 23.7 Å². The molecule has 5 atom stereocenters. The molecule has 8 heteroatoms. The van der Waals surface area contributed by atoms with Crippen molar-refractivity contribution in [2.45, 2.75) is 34.7 Å². The fourth-order valence-electron chi connectivity index (χ4n) is 1.99. The van der Waals surface area contributed by atoms with Gasteiger partial charge in [-0.15, -0.1) is 0 Å². The molecule has 2 fully saturated rings. The molecule has 0 spiro atoms. The molecule has 0 amide bonds. The molecule has 0 radical (unpaired) electrons. The van der Waals surface area contributed by atoms with E-state index in [-0.39, 0.29) is 6.10 Å². The predicted octanol–water partition coefficient (Wildman–Crippen LogP) is 1.30. The Morgan fingerprint density at radius 3 is 2.59 bits per heavy atom. The monoisotopic (exact) mass is 300 g/mol. The number of alkyl halides is 3. The van der Waals surface area contributed by atoms with Crippen molar-refractivity contribution in [1.29, 1.82) is 0 Å². The van der Waals surface area contributed by atoms with Crippen LogP contribution in [0.25, 0.3) is 0 Å². The van der Waals surface area contributed by atoms with E-state index in [1.807, 2.05) is 0 Å². The summed E-state index contributed by atoms with van der Waals surface area (Å²) in [6.07, 6.45) is -0.335. The van der Waals surface area contributed by atoms with Crippen LogP contribution in [0.3, 0.4) is 0 Å². The molecule has 3 rings (SSSR count). The van der Waals surface area contributed by atoms with E-state index in [0.717, 1.165) is 0 Å². The fourth-order valence-corrected chi connectivity index (χ4v) is 2.30. The van der Waals surface area contributed by atoms with Crippen LogP contribution in [0.5, 0.6) is 0 Å². The van der Waals surface area contributed by atoms with E-state index in [1.165, 1.54) is 6.08 Å². The van der Waals surface area contributed by atoms with Gasteiger partial charge in [0.25, 0.3) is 0 Å². The molecule has 94 valence electrons. The van der Waals surface area contributed by atoms with Gasteiger partial charge in [-0.3, -0.25) is 0 Å². The van der Waals surface area contributed by atoms with Gasteiger partial charge in [-0.1, -0.05) is 34.8 Å². The summed E-state index contributed by atoms with van der Waals surface area (Å²) in [5.41, 5.74) is 0. The van der Waals surface area contributed by atoms with Crippen LogP contribution in [0.2, 0.25) is 0 Å². The van der Waals surface area contributed by atoms with Crippen molar-refractivity contribution in [3.8, 4) is 0 Å². The molecule has 0 aromatic heterocycles. The summed E-state index contributed by atoms with van der Waals surface area (Å²) >= 11 is 17.0. The molecule has 0 N–H and O–H groups in total. The summed E-state index contributed by atoms with van der Waals surface area (Å²) in [5, 5.41) is 0. The van der Waals surface area contributed by atoms with Crippen LogP contribution >= 0.6 is 34.8 Å². The average Bonchev–Trinajstić information content (AvgIpc) is 2.74. The van der Waals surface area contributed by atoms with Gasteiger partial charge in [0.05, 0.1) is 0 Å². The second-order valence-corrected chi connectivity index (χ2v) is 6.21. The van der Waals surface area contributed by atoms with E-state index in [2.05, 4.69) is 0 Å². The maximum Gasteiger partial charge on any atom is 0.330 e. The number of fused-ring (bicyclic) bond motifs is 3. The summed E-state index contributed by atoms with van der Waals surface area (Å²) in [6.45, 7) is 0. The molecule has 3 aliphatic rings. The number of hydrogen-bond acceptors (Lipinski definition) is 5. The fraction of sp³-hybridized carbons (Fsp3) is 0.667. The number of rotatable bonds is 0. The van der Waals surface area contributed by atoms with E-state index in [4.69, 9.17) is 53.8 Å². The molecule has 0 aromatic rings. The van der Waals surface area contributed by atoms with Crippen LogP contribution in [-0.2, 0) is 23.7 Å². The largest absolute Gasteiger partial charge is 0.453 e. The molecular formula is C9H7Cl3O5. The average molecular weight is 302 g/mol. The number of hydrogen-bond donors (Lipinski definition) is 0. The van der Waals surface area contributed by atoms with Crippen LogP contribution in [0.1, 0.15) is 0 Å². The van der Waals surface area contributed by atoms with Gasteiger partial charge in [-0.25, -0.2) is 4.79 Å². The quantitative estimate of drug-likeness (QED) is 0.499. The van der Waals surface area contributed by atoms with E-state index >= 15 is 0 Å². The lowest BCUT2D eigenvalue weighted by molar-refractivity contribution is -0.172. The minimum Gasteiger partial charge on any atom is -0.453 e. The Hall–Kier alpha value is -0.0400. The van der Waals surface area contributed by atoms with Gasteiger partial charge < -0.3 is 18.9 Å². The van der Waals surface area contributed by atoms with E-state index in [1.54, 1.807) is 6.08 Å². The molecule has 3 heterocycles. The minimum absolute atomic E-state index is 0.376. The maximum absolute atomic E-state index is 11.1. The number of ether oxygens (including phenoxy) is 4. The van der Waals surface area contributed by atoms with Crippen LogP contribution < -0.4 is 0 Å². The summed E-state index contributed by atoms with van der Waals surface area (Å²) in [6, 6.07) is 0. The molecule has 17 heavy (non-hydrogen) atoms. The zero-order chi connectivity index (χ0) is 12.2.